The molecule has 0 aliphatic carbocycles. The van der Waals surface area contributed by atoms with E-state index in [9.17, 15) is 4.79 Å². The van der Waals surface area contributed by atoms with Crippen LogP contribution in [0.15, 0.2) is 53.1 Å². The average Bonchev–Trinajstić information content (AvgIpc) is 3.27. The van der Waals surface area contributed by atoms with E-state index in [1.165, 1.54) is 5.56 Å². The summed E-state index contributed by atoms with van der Waals surface area (Å²) < 4.78 is 5.48. The molecule has 2 aliphatic rings. The fourth-order valence-corrected chi connectivity index (χ4v) is 4.74. The molecule has 1 unspecified atom stereocenters. The van der Waals surface area contributed by atoms with Crippen molar-refractivity contribution in [2.24, 2.45) is 5.92 Å². The maximum atomic E-state index is 13.4. The molecule has 0 saturated carbocycles. The second-order valence-corrected chi connectivity index (χ2v) is 8.75. The van der Waals surface area contributed by atoms with Gasteiger partial charge in [-0.3, -0.25) is 9.69 Å². The summed E-state index contributed by atoms with van der Waals surface area (Å²) in [6, 6.07) is 15.7. The Hall–Kier alpha value is -2.70. The van der Waals surface area contributed by atoms with Crippen LogP contribution in [-0.2, 0) is 17.8 Å². The van der Waals surface area contributed by atoms with Crippen LogP contribution < -0.4 is 4.90 Å². The van der Waals surface area contributed by atoms with Gasteiger partial charge in [-0.25, -0.2) is 0 Å². The van der Waals surface area contributed by atoms with Crippen molar-refractivity contribution < 1.29 is 9.32 Å². The van der Waals surface area contributed by atoms with Crippen LogP contribution >= 0.6 is 11.6 Å². The van der Waals surface area contributed by atoms with E-state index in [0.717, 1.165) is 56.6 Å². The third-order valence-corrected chi connectivity index (χ3v) is 6.41. The normalized spacial score (nSPS) is 19.3. The van der Waals surface area contributed by atoms with Crippen molar-refractivity contribution in [3.8, 4) is 11.4 Å². The van der Waals surface area contributed by atoms with Crippen LogP contribution in [0, 0.1) is 5.92 Å². The molecule has 2 aromatic carbocycles. The number of para-hydroxylation sites is 1. The first kappa shape index (κ1) is 20.2. The number of anilines is 1. The molecule has 0 bridgehead atoms. The first-order valence-corrected chi connectivity index (χ1v) is 11.3. The summed E-state index contributed by atoms with van der Waals surface area (Å²) in [5.41, 5.74) is 3.23. The molecule has 1 saturated heterocycles. The van der Waals surface area contributed by atoms with Crippen molar-refractivity contribution in [2.45, 2.75) is 32.2 Å². The number of benzene rings is 2. The molecular weight excluding hydrogens is 412 g/mol. The average molecular weight is 437 g/mol. The quantitative estimate of drug-likeness (QED) is 0.599. The Balaban J connectivity index is 1.25. The number of hydrogen-bond acceptors (Lipinski definition) is 5. The molecule has 3 aromatic rings. The van der Waals surface area contributed by atoms with Gasteiger partial charge in [0.1, 0.15) is 0 Å². The monoisotopic (exact) mass is 436 g/mol. The van der Waals surface area contributed by atoms with Crippen LogP contribution in [0.3, 0.4) is 0 Å². The van der Waals surface area contributed by atoms with Gasteiger partial charge in [-0.2, -0.15) is 4.98 Å². The highest BCUT2D eigenvalue weighted by atomic mass is 35.5. The molecule has 5 rings (SSSR count). The largest absolute Gasteiger partial charge is 0.338 e. The van der Waals surface area contributed by atoms with Crippen LogP contribution in [-0.4, -0.2) is 40.6 Å². The maximum Gasteiger partial charge on any atom is 0.241 e. The van der Waals surface area contributed by atoms with Gasteiger partial charge in [0.25, 0.3) is 0 Å². The molecule has 1 fully saturated rings. The Morgan fingerprint density at radius 3 is 2.81 bits per heavy atom. The topological polar surface area (TPSA) is 62.5 Å². The number of nitrogens with zero attached hydrogens (tertiary/aromatic N) is 4. The van der Waals surface area contributed by atoms with Gasteiger partial charge in [0.2, 0.25) is 17.6 Å². The Morgan fingerprint density at radius 1 is 1.10 bits per heavy atom. The van der Waals surface area contributed by atoms with Crippen molar-refractivity contribution in [1.29, 1.82) is 0 Å². The van der Waals surface area contributed by atoms with Gasteiger partial charge in [-0.15, -0.1) is 0 Å². The number of amides is 1. The number of aryl methyl sites for hydroxylation is 1. The van der Waals surface area contributed by atoms with E-state index < -0.39 is 0 Å². The number of aromatic nitrogens is 2. The van der Waals surface area contributed by atoms with Crippen LogP contribution in [0.1, 0.15) is 30.7 Å². The summed E-state index contributed by atoms with van der Waals surface area (Å²) in [4.78, 5) is 22.2. The Labute approximate surface area is 186 Å². The Morgan fingerprint density at radius 2 is 1.94 bits per heavy atom. The smallest absolute Gasteiger partial charge is 0.241 e. The van der Waals surface area contributed by atoms with E-state index in [0.29, 0.717) is 23.3 Å². The van der Waals surface area contributed by atoms with Gasteiger partial charge in [0, 0.05) is 29.4 Å². The first-order valence-electron chi connectivity index (χ1n) is 10.9. The van der Waals surface area contributed by atoms with Gasteiger partial charge in [0.05, 0.1) is 12.5 Å². The van der Waals surface area contributed by atoms with Crippen molar-refractivity contribution in [3.05, 3.63) is 65.0 Å². The van der Waals surface area contributed by atoms with E-state index in [-0.39, 0.29) is 11.8 Å². The zero-order valence-corrected chi connectivity index (χ0v) is 18.1. The third kappa shape index (κ3) is 4.36. The lowest BCUT2D eigenvalue weighted by molar-refractivity contribution is -0.124. The van der Waals surface area contributed by atoms with Crippen molar-refractivity contribution in [1.82, 2.24) is 15.0 Å². The SMILES string of the molecule is O=C(C1CCCN(Cc2nc(-c3ccc(Cl)cc3)no2)C1)N1CCCc2ccccc21. The Kier molecular flexibility index (Phi) is 5.74. The van der Waals surface area contributed by atoms with Crippen molar-refractivity contribution in [2.75, 3.05) is 24.5 Å². The molecule has 160 valence electrons. The van der Waals surface area contributed by atoms with Gasteiger partial charge >= 0.3 is 0 Å². The van der Waals surface area contributed by atoms with Crippen LogP contribution in [0.5, 0.6) is 0 Å². The fourth-order valence-electron chi connectivity index (χ4n) is 4.61. The summed E-state index contributed by atoms with van der Waals surface area (Å²) >= 11 is 5.95. The summed E-state index contributed by atoms with van der Waals surface area (Å²) in [6.45, 7) is 3.01. The number of carbonyl (C=O) groups excluding carboxylic acids is 1. The summed E-state index contributed by atoms with van der Waals surface area (Å²) in [5.74, 6) is 1.37. The van der Waals surface area contributed by atoms with Crippen LogP contribution in [0.4, 0.5) is 5.69 Å². The summed E-state index contributed by atoms with van der Waals surface area (Å²) in [7, 11) is 0. The highest BCUT2D eigenvalue weighted by Crippen LogP contribution is 2.30. The molecule has 1 atom stereocenters. The number of piperidine rings is 1. The van der Waals surface area contributed by atoms with E-state index >= 15 is 0 Å². The lowest BCUT2D eigenvalue weighted by atomic mass is 9.94. The minimum absolute atomic E-state index is 0.00133. The molecule has 1 aromatic heterocycles. The van der Waals surface area contributed by atoms with E-state index in [1.807, 2.05) is 35.2 Å². The molecule has 3 heterocycles. The molecule has 0 radical (unpaired) electrons. The number of hydrogen-bond donors (Lipinski definition) is 0. The molecule has 0 N–H and O–H groups in total. The maximum absolute atomic E-state index is 13.4. The molecule has 2 aliphatic heterocycles. The zero-order valence-electron chi connectivity index (χ0n) is 17.3. The molecule has 0 spiro atoms. The van der Waals surface area contributed by atoms with E-state index in [4.69, 9.17) is 16.1 Å². The van der Waals surface area contributed by atoms with Gasteiger partial charge in [-0.1, -0.05) is 35.0 Å². The Bertz CT molecular complexity index is 1070. The van der Waals surface area contributed by atoms with Crippen molar-refractivity contribution in [3.63, 3.8) is 0 Å². The molecule has 1 amide bonds. The molecule has 31 heavy (non-hydrogen) atoms. The second kappa shape index (κ2) is 8.81. The van der Waals surface area contributed by atoms with Gasteiger partial charge in [0.15, 0.2) is 0 Å². The summed E-state index contributed by atoms with van der Waals surface area (Å²) in [5, 5.41) is 4.78. The highest BCUT2D eigenvalue weighted by Gasteiger charge is 2.32. The number of carbonyl (C=O) groups is 1. The molecule has 6 nitrogen and oxygen atoms in total. The number of rotatable bonds is 4. The second-order valence-electron chi connectivity index (χ2n) is 8.32. The molecular formula is C24H25ClN4O2. The number of halogens is 1. The lowest BCUT2D eigenvalue weighted by Crippen LogP contribution is -2.46. The highest BCUT2D eigenvalue weighted by molar-refractivity contribution is 6.30. The van der Waals surface area contributed by atoms with Gasteiger partial charge < -0.3 is 9.42 Å². The standard InChI is InChI=1S/C24H25ClN4O2/c25-20-11-9-18(10-12-20)23-26-22(31-27-23)16-28-13-3-7-19(15-28)24(30)29-14-4-6-17-5-1-2-8-21(17)29/h1-2,5,8-12,19H,3-4,6-7,13-16H2. The van der Waals surface area contributed by atoms with Crippen molar-refractivity contribution >= 4 is 23.2 Å². The predicted octanol–water partition coefficient (Wildman–Crippen LogP) is 4.58. The number of likely N-dealkylation sites (tertiary alicyclic amines) is 1. The third-order valence-electron chi connectivity index (χ3n) is 6.16. The fraction of sp³-hybridized carbons (Fsp3) is 0.375. The minimum atomic E-state index is -0.00133. The zero-order chi connectivity index (χ0) is 21.2. The van der Waals surface area contributed by atoms with Crippen LogP contribution in [0.2, 0.25) is 5.02 Å². The first-order chi connectivity index (χ1) is 15.2. The van der Waals surface area contributed by atoms with E-state index in [1.54, 1.807) is 0 Å². The minimum Gasteiger partial charge on any atom is -0.338 e. The van der Waals surface area contributed by atoms with E-state index in [2.05, 4.69) is 33.2 Å². The summed E-state index contributed by atoms with van der Waals surface area (Å²) in [6.07, 6.45) is 3.98. The predicted molar refractivity (Wildman–Crippen MR) is 120 cm³/mol. The lowest BCUT2D eigenvalue weighted by Gasteiger charge is -2.36. The van der Waals surface area contributed by atoms with Crippen LogP contribution in [0.25, 0.3) is 11.4 Å². The number of fused-ring (bicyclic) bond motifs is 1. The van der Waals surface area contributed by atoms with Gasteiger partial charge in [-0.05, 0) is 68.1 Å². The molecule has 7 heteroatoms.